The van der Waals surface area contributed by atoms with Crippen molar-refractivity contribution in [2.75, 3.05) is 13.1 Å². The van der Waals surface area contributed by atoms with Crippen LogP contribution in [-0.2, 0) is 16.0 Å². The summed E-state index contributed by atoms with van der Waals surface area (Å²) in [6.07, 6.45) is 3.67. The number of carbonyl (C=O) groups is 2. The van der Waals surface area contributed by atoms with Gasteiger partial charge in [0.05, 0.1) is 17.5 Å². The third-order valence-electron chi connectivity index (χ3n) is 4.64. The minimum absolute atomic E-state index is 0.0342. The van der Waals surface area contributed by atoms with Gasteiger partial charge >= 0.3 is 5.97 Å². The molecule has 1 N–H and O–H groups in total. The molecule has 114 valence electrons. The van der Waals surface area contributed by atoms with E-state index in [0.717, 1.165) is 11.3 Å². The number of carboxylic acid groups (broad SMARTS) is 1. The Balaban J connectivity index is 1.98. The molecule has 2 rings (SSSR count). The molecular weight excluding hydrogens is 268 g/mol. The summed E-state index contributed by atoms with van der Waals surface area (Å²) in [5.41, 5.74) is 1.15. The Hall–Kier alpha value is -1.91. The van der Waals surface area contributed by atoms with Crippen molar-refractivity contribution < 1.29 is 14.7 Å². The predicted octanol–water partition coefficient (Wildman–Crippen LogP) is 2.04. The average Bonchev–Trinajstić information content (AvgIpc) is 2.49. The van der Waals surface area contributed by atoms with Crippen molar-refractivity contribution in [2.24, 2.45) is 5.41 Å². The topological polar surface area (TPSA) is 70.5 Å². The van der Waals surface area contributed by atoms with Crippen LogP contribution in [0.25, 0.3) is 0 Å². The van der Waals surface area contributed by atoms with Gasteiger partial charge in [0.15, 0.2) is 0 Å². The highest BCUT2D eigenvalue weighted by Gasteiger charge is 2.40. The van der Waals surface area contributed by atoms with Crippen LogP contribution in [0.3, 0.4) is 0 Å². The van der Waals surface area contributed by atoms with Crippen LogP contribution in [0.2, 0.25) is 0 Å². The Kier molecular flexibility index (Phi) is 4.60. The number of aryl methyl sites for hydroxylation is 1. The number of carbonyl (C=O) groups excluding carboxylic acids is 1. The van der Waals surface area contributed by atoms with Gasteiger partial charge in [0.25, 0.3) is 0 Å². The molecule has 5 nitrogen and oxygen atoms in total. The SMILES string of the molecule is CCC1(C(=O)O)CCN(C(=O)Cc2ncccc2C)CC1. The molecule has 1 aliphatic heterocycles. The van der Waals surface area contributed by atoms with E-state index in [-0.39, 0.29) is 5.91 Å². The summed E-state index contributed by atoms with van der Waals surface area (Å²) < 4.78 is 0. The number of nitrogens with zero attached hydrogens (tertiary/aromatic N) is 2. The molecular formula is C16H22N2O3. The number of hydrogen-bond donors (Lipinski definition) is 1. The van der Waals surface area contributed by atoms with E-state index in [0.29, 0.717) is 38.8 Å². The minimum Gasteiger partial charge on any atom is -0.481 e. The first-order valence-corrected chi connectivity index (χ1v) is 7.40. The lowest BCUT2D eigenvalue weighted by molar-refractivity contribution is -0.154. The second-order valence-corrected chi connectivity index (χ2v) is 5.76. The Morgan fingerprint density at radius 3 is 2.57 bits per heavy atom. The number of pyridine rings is 1. The number of aromatic nitrogens is 1. The second-order valence-electron chi connectivity index (χ2n) is 5.76. The van der Waals surface area contributed by atoms with Crippen molar-refractivity contribution >= 4 is 11.9 Å². The molecule has 0 aliphatic carbocycles. The fourth-order valence-electron chi connectivity index (χ4n) is 2.86. The van der Waals surface area contributed by atoms with Crippen LogP contribution < -0.4 is 0 Å². The van der Waals surface area contributed by atoms with E-state index in [1.54, 1.807) is 11.1 Å². The van der Waals surface area contributed by atoms with Crippen molar-refractivity contribution in [1.29, 1.82) is 0 Å². The lowest BCUT2D eigenvalue weighted by Gasteiger charge is -2.38. The van der Waals surface area contributed by atoms with E-state index in [4.69, 9.17) is 0 Å². The molecule has 1 aliphatic rings. The molecule has 0 radical (unpaired) electrons. The molecule has 0 aromatic carbocycles. The summed E-state index contributed by atoms with van der Waals surface area (Å²) in [5.74, 6) is -0.704. The van der Waals surface area contributed by atoms with Crippen LogP contribution in [0.5, 0.6) is 0 Å². The highest BCUT2D eigenvalue weighted by Crippen LogP contribution is 2.35. The van der Waals surface area contributed by atoms with Gasteiger partial charge in [-0.25, -0.2) is 0 Å². The molecule has 1 amide bonds. The van der Waals surface area contributed by atoms with Crippen LogP contribution in [0.1, 0.15) is 37.4 Å². The summed E-state index contributed by atoms with van der Waals surface area (Å²) in [7, 11) is 0. The van der Waals surface area contributed by atoms with Crippen molar-refractivity contribution in [3.8, 4) is 0 Å². The van der Waals surface area contributed by atoms with Gasteiger partial charge < -0.3 is 10.0 Å². The molecule has 5 heteroatoms. The monoisotopic (exact) mass is 290 g/mol. The summed E-state index contributed by atoms with van der Waals surface area (Å²) >= 11 is 0. The Morgan fingerprint density at radius 1 is 1.38 bits per heavy atom. The number of amides is 1. The molecule has 0 unspecified atom stereocenters. The van der Waals surface area contributed by atoms with Crippen LogP contribution >= 0.6 is 0 Å². The molecule has 1 saturated heterocycles. The quantitative estimate of drug-likeness (QED) is 0.921. The van der Waals surface area contributed by atoms with Gasteiger partial charge in [0.2, 0.25) is 5.91 Å². The number of aliphatic carboxylic acids is 1. The Morgan fingerprint density at radius 2 is 2.05 bits per heavy atom. The van der Waals surface area contributed by atoms with Crippen molar-refractivity contribution in [2.45, 2.75) is 39.5 Å². The van der Waals surface area contributed by atoms with E-state index < -0.39 is 11.4 Å². The van der Waals surface area contributed by atoms with Gasteiger partial charge in [-0.1, -0.05) is 13.0 Å². The molecule has 1 aromatic heterocycles. The zero-order chi connectivity index (χ0) is 15.5. The zero-order valence-electron chi connectivity index (χ0n) is 12.6. The minimum atomic E-state index is -0.738. The molecule has 1 fully saturated rings. The van der Waals surface area contributed by atoms with Crippen LogP contribution in [0, 0.1) is 12.3 Å². The first-order chi connectivity index (χ1) is 9.98. The highest BCUT2D eigenvalue weighted by atomic mass is 16.4. The maximum absolute atomic E-state index is 12.3. The third-order valence-corrected chi connectivity index (χ3v) is 4.64. The van der Waals surface area contributed by atoms with Crippen molar-refractivity contribution in [1.82, 2.24) is 9.88 Å². The van der Waals surface area contributed by atoms with Crippen molar-refractivity contribution in [3.05, 3.63) is 29.6 Å². The number of likely N-dealkylation sites (tertiary alicyclic amines) is 1. The van der Waals surface area contributed by atoms with Gasteiger partial charge in [-0.2, -0.15) is 0 Å². The van der Waals surface area contributed by atoms with E-state index >= 15 is 0 Å². The third kappa shape index (κ3) is 3.23. The molecule has 0 spiro atoms. The number of carboxylic acids is 1. The van der Waals surface area contributed by atoms with E-state index in [1.807, 2.05) is 26.0 Å². The molecule has 1 aromatic rings. The fraction of sp³-hybridized carbons (Fsp3) is 0.562. The summed E-state index contributed by atoms with van der Waals surface area (Å²) in [4.78, 5) is 29.7. The lowest BCUT2D eigenvalue weighted by Crippen LogP contribution is -2.46. The number of hydrogen-bond acceptors (Lipinski definition) is 3. The lowest BCUT2D eigenvalue weighted by atomic mass is 9.76. The Labute approximate surface area is 125 Å². The smallest absolute Gasteiger partial charge is 0.309 e. The highest BCUT2D eigenvalue weighted by molar-refractivity contribution is 5.80. The van der Waals surface area contributed by atoms with Crippen molar-refractivity contribution in [3.63, 3.8) is 0 Å². The maximum Gasteiger partial charge on any atom is 0.309 e. The summed E-state index contributed by atoms with van der Waals surface area (Å²) in [6.45, 7) is 4.89. The molecule has 0 atom stereocenters. The number of rotatable bonds is 4. The number of piperidine rings is 1. The summed E-state index contributed by atoms with van der Waals surface area (Å²) in [6, 6.07) is 3.80. The van der Waals surface area contributed by atoms with Gasteiger partial charge in [-0.05, 0) is 37.8 Å². The van der Waals surface area contributed by atoms with Gasteiger partial charge in [-0.15, -0.1) is 0 Å². The molecule has 21 heavy (non-hydrogen) atoms. The molecule has 0 saturated carbocycles. The average molecular weight is 290 g/mol. The van der Waals surface area contributed by atoms with Crippen LogP contribution in [0.4, 0.5) is 0 Å². The zero-order valence-corrected chi connectivity index (χ0v) is 12.6. The Bertz CT molecular complexity index is 534. The largest absolute Gasteiger partial charge is 0.481 e. The predicted molar refractivity (Wildman–Crippen MR) is 78.9 cm³/mol. The van der Waals surface area contributed by atoms with Gasteiger partial charge in [0, 0.05) is 19.3 Å². The molecule has 0 bridgehead atoms. The second kappa shape index (κ2) is 6.24. The van der Waals surface area contributed by atoms with Crippen LogP contribution in [-0.4, -0.2) is 40.0 Å². The first kappa shape index (κ1) is 15.5. The maximum atomic E-state index is 12.3. The van der Waals surface area contributed by atoms with E-state index in [2.05, 4.69) is 4.98 Å². The summed E-state index contributed by atoms with van der Waals surface area (Å²) in [5, 5.41) is 9.37. The van der Waals surface area contributed by atoms with Gasteiger partial charge in [-0.3, -0.25) is 14.6 Å². The van der Waals surface area contributed by atoms with Crippen LogP contribution in [0.15, 0.2) is 18.3 Å². The first-order valence-electron chi connectivity index (χ1n) is 7.40. The van der Waals surface area contributed by atoms with E-state index in [9.17, 15) is 14.7 Å². The van der Waals surface area contributed by atoms with E-state index in [1.165, 1.54) is 0 Å². The normalized spacial score (nSPS) is 17.5. The molecule has 2 heterocycles. The standard InChI is InChI=1S/C16H22N2O3/c1-3-16(15(20)21)6-9-18(10-7-16)14(19)11-13-12(2)5-4-8-17-13/h4-5,8H,3,6-7,9-11H2,1-2H3,(H,20,21). The fourth-order valence-corrected chi connectivity index (χ4v) is 2.86. The van der Waals surface area contributed by atoms with Gasteiger partial charge in [0.1, 0.15) is 0 Å².